The van der Waals surface area contributed by atoms with Crippen LogP contribution in [0, 0.1) is 10.5 Å². The summed E-state index contributed by atoms with van der Waals surface area (Å²) in [4.78, 5) is 0. The first-order valence-electron chi connectivity index (χ1n) is 3.63. The van der Waals surface area contributed by atoms with Crippen molar-refractivity contribution in [2.24, 2.45) is 5.73 Å². The minimum Gasteiger partial charge on any atom is -0.324 e. The van der Waals surface area contributed by atoms with Gasteiger partial charge in [0.05, 0.1) is 0 Å². The fourth-order valence-corrected chi connectivity index (χ4v) is 1.62. The third kappa shape index (κ3) is 2.17. The van der Waals surface area contributed by atoms with Gasteiger partial charge in [-0.15, -0.1) is 0 Å². The molecule has 1 rings (SSSR count). The van der Waals surface area contributed by atoms with Crippen LogP contribution in [0.5, 0.6) is 0 Å². The standard InChI is InChI=1S/C9H12IN/c1-6-3-4-8(10)5-9(6)7(2)11/h3-5,7H,11H2,1-2H3/t7-/m1/s1. The van der Waals surface area contributed by atoms with Crippen LogP contribution in [0.1, 0.15) is 24.1 Å². The van der Waals surface area contributed by atoms with Crippen LogP contribution in [0.4, 0.5) is 0 Å². The molecule has 0 aliphatic rings. The normalized spacial score (nSPS) is 13.1. The lowest BCUT2D eigenvalue weighted by Gasteiger charge is -2.09. The summed E-state index contributed by atoms with van der Waals surface area (Å²) in [5.74, 6) is 0. The summed E-state index contributed by atoms with van der Waals surface area (Å²) < 4.78 is 1.25. The zero-order valence-electron chi connectivity index (χ0n) is 6.76. The van der Waals surface area contributed by atoms with E-state index in [-0.39, 0.29) is 6.04 Å². The Kier molecular flexibility index (Phi) is 2.90. The highest BCUT2D eigenvalue weighted by Crippen LogP contribution is 2.17. The van der Waals surface area contributed by atoms with Gasteiger partial charge < -0.3 is 5.73 Å². The molecule has 2 N–H and O–H groups in total. The molecule has 0 aliphatic carbocycles. The van der Waals surface area contributed by atoms with Crippen molar-refractivity contribution in [3.05, 3.63) is 32.9 Å². The van der Waals surface area contributed by atoms with Crippen LogP contribution < -0.4 is 5.73 Å². The second-order valence-electron chi connectivity index (χ2n) is 2.79. The summed E-state index contributed by atoms with van der Waals surface area (Å²) in [5.41, 5.74) is 8.31. The molecule has 0 spiro atoms. The molecule has 0 saturated carbocycles. The zero-order chi connectivity index (χ0) is 8.43. The molecule has 0 radical (unpaired) electrons. The van der Waals surface area contributed by atoms with E-state index in [1.807, 2.05) is 6.92 Å². The molecule has 0 fully saturated rings. The lowest BCUT2D eigenvalue weighted by atomic mass is 10.0. The number of rotatable bonds is 1. The van der Waals surface area contributed by atoms with Crippen LogP contribution in [0.25, 0.3) is 0 Å². The minimum absolute atomic E-state index is 0.143. The Balaban J connectivity index is 3.13. The SMILES string of the molecule is Cc1ccc(I)cc1[C@@H](C)N. The highest BCUT2D eigenvalue weighted by Gasteiger charge is 2.02. The lowest BCUT2D eigenvalue weighted by molar-refractivity contribution is 0.809. The number of halogens is 1. The third-order valence-corrected chi connectivity index (χ3v) is 2.40. The molecule has 0 bridgehead atoms. The van der Waals surface area contributed by atoms with Gasteiger partial charge >= 0.3 is 0 Å². The van der Waals surface area contributed by atoms with E-state index in [9.17, 15) is 0 Å². The molecule has 1 aromatic carbocycles. The first-order valence-corrected chi connectivity index (χ1v) is 4.71. The Morgan fingerprint density at radius 3 is 2.55 bits per heavy atom. The average molecular weight is 261 g/mol. The predicted octanol–water partition coefficient (Wildman–Crippen LogP) is 2.62. The number of benzene rings is 1. The van der Waals surface area contributed by atoms with Crippen molar-refractivity contribution in [3.63, 3.8) is 0 Å². The second kappa shape index (κ2) is 3.54. The summed E-state index contributed by atoms with van der Waals surface area (Å²) in [6.07, 6.45) is 0. The Morgan fingerprint density at radius 2 is 2.09 bits per heavy atom. The molecule has 0 saturated heterocycles. The number of hydrogen-bond donors (Lipinski definition) is 1. The van der Waals surface area contributed by atoms with Crippen molar-refractivity contribution in [2.45, 2.75) is 19.9 Å². The van der Waals surface area contributed by atoms with Gasteiger partial charge in [0, 0.05) is 9.61 Å². The van der Waals surface area contributed by atoms with E-state index >= 15 is 0 Å². The third-order valence-electron chi connectivity index (χ3n) is 1.73. The molecular formula is C9H12IN. The number of hydrogen-bond acceptors (Lipinski definition) is 1. The fraction of sp³-hybridized carbons (Fsp3) is 0.333. The Morgan fingerprint density at radius 1 is 1.45 bits per heavy atom. The van der Waals surface area contributed by atoms with Crippen LogP contribution in [0.2, 0.25) is 0 Å². The quantitative estimate of drug-likeness (QED) is 0.772. The van der Waals surface area contributed by atoms with Gasteiger partial charge in [-0.2, -0.15) is 0 Å². The topological polar surface area (TPSA) is 26.0 Å². The predicted molar refractivity (Wildman–Crippen MR) is 56.5 cm³/mol. The van der Waals surface area contributed by atoms with E-state index in [0.717, 1.165) is 0 Å². The van der Waals surface area contributed by atoms with Gasteiger partial charge in [-0.3, -0.25) is 0 Å². The van der Waals surface area contributed by atoms with E-state index in [2.05, 4.69) is 47.7 Å². The first kappa shape index (κ1) is 9.00. The number of nitrogens with two attached hydrogens (primary N) is 1. The van der Waals surface area contributed by atoms with Crippen molar-refractivity contribution in [1.82, 2.24) is 0 Å². The largest absolute Gasteiger partial charge is 0.324 e. The van der Waals surface area contributed by atoms with Gasteiger partial charge in [-0.05, 0) is 59.7 Å². The maximum Gasteiger partial charge on any atom is 0.0269 e. The van der Waals surface area contributed by atoms with Crippen molar-refractivity contribution in [2.75, 3.05) is 0 Å². The summed E-state index contributed by atoms with van der Waals surface area (Å²) in [6, 6.07) is 6.49. The molecule has 1 aromatic rings. The molecule has 0 aliphatic heterocycles. The van der Waals surface area contributed by atoms with Crippen LogP contribution in [-0.2, 0) is 0 Å². The highest BCUT2D eigenvalue weighted by molar-refractivity contribution is 14.1. The molecule has 0 heterocycles. The monoisotopic (exact) mass is 261 g/mol. The lowest BCUT2D eigenvalue weighted by Crippen LogP contribution is -2.06. The van der Waals surface area contributed by atoms with Gasteiger partial charge in [0.15, 0.2) is 0 Å². The van der Waals surface area contributed by atoms with Gasteiger partial charge in [-0.1, -0.05) is 6.07 Å². The molecule has 11 heavy (non-hydrogen) atoms. The Hall–Kier alpha value is -0.0900. The second-order valence-corrected chi connectivity index (χ2v) is 4.04. The Labute approximate surface area is 81.1 Å². The summed E-state index contributed by atoms with van der Waals surface area (Å²) in [6.45, 7) is 4.10. The van der Waals surface area contributed by atoms with Crippen LogP contribution in [0.3, 0.4) is 0 Å². The average Bonchev–Trinajstić information content (AvgIpc) is 1.94. The maximum atomic E-state index is 5.78. The molecule has 60 valence electrons. The van der Waals surface area contributed by atoms with Gasteiger partial charge in [-0.25, -0.2) is 0 Å². The minimum atomic E-state index is 0.143. The highest BCUT2D eigenvalue weighted by atomic mass is 127. The molecule has 0 unspecified atom stereocenters. The van der Waals surface area contributed by atoms with E-state index in [1.54, 1.807) is 0 Å². The first-order chi connectivity index (χ1) is 5.11. The van der Waals surface area contributed by atoms with Crippen molar-refractivity contribution in [3.8, 4) is 0 Å². The summed E-state index contributed by atoms with van der Waals surface area (Å²) in [7, 11) is 0. The van der Waals surface area contributed by atoms with Crippen LogP contribution in [0.15, 0.2) is 18.2 Å². The van der Waals surface area contributed by atoms with Gasteiger partial charge in [0.1, 0.15) is 0 Å². The van der Waals surface area contributed by atoms with E-state index in [4.69, 9.17) is 5.73 Å². The zero-order valence-corrected chi connectivity index (χ0v) is 8.92. The van der Waals surface area contributed by atoms with E-state index < -0.39 is 0 Å². The molecular weight excluding hydrogens is 249 g/mol. The van der Waals surface area contributed by atoms with Crippen LogP contribution >= 0.6 is 22.6 Å². The molecule has 0 amide bonds. The van der Waals surface area contributed by atoms with E-state index in [1.165, 1.54) is 14.7 Å². The van der Waals surface area contributed by atoms with Crippen molar-refractivity contribution < 1.29 is 0 Å². The molecule has 2 heteroatoms. The Bertz CT molecular complexity index is 256. The van der Waals surface area contributed by atoms with E-state index in [0.29, 0.717) is 0 Å². The van der Waals surface area contributed by atoms with Crippen molar-refractivity contribution in [1.29, 1.82) is 0 Å². The smallest absolute Gasteiger partial charge is 0.0269 e. The maximum absolute atomic E-state index is 5.78. The molecule has 1 atom stereocenters. The number of aryl methyl sites for hydroxylation is 1. The van der Waals surface area contributed by atoms with Crippen LogP contribution in [-0.4, -0.2) is 0 Å². The fourth-order valence-electron chi connectivity index (χ4n) is 1.10. The summed E-state index contributed by atoms with van der Waals surface area (Å²) >= 11 is 2.30. The molecule has 0 aromatic heterocycles. The molecule has 1 nitrogen and oxygen atoms in total. The summed E-state index contributed by atoms with van der Waals surface area (Å²) in [5, 5.41) is 0. The van der Waals surface area contributed by atoms with Gasteiger partial charge in [0.2, 0.25) is 0 Å². The van der Waals surface area contributed by atoms with Gasteiger partial charge in [0.25, 0.3) is 0 Å². The van der Waals surface area contributed by atoms with Crippen molar-refractivity contribution >= 4 is 22.6 Å².